The molecule has 5 aromatic heterocycles. The highest BCUT2D eigenvalue weighted by Crippen LogP contribution is 2.36. The third-order valence-electron chi connectivity index (χ3n) is 6.26. The number of nitrogens with two attached hydrogens (primary N) is 1. The van der Waals surface area contributed by atoms with Gasteiger partial charge >= 0.3 is 0 Å². The first-order valence-corrected chi connectivity index (χ1v) is 12.6. The molecule has 0 aliphatic heterocycles. The second kappa shape index (κ2) is 9.60. The van der Waals surface area contributed by atoms with Crippen LogP contribution < -0.4 is 11.3 Å². The van der Waals surface area contributed by atoms with Gasteiger partial charge in [-0.3, -0.25) is 9.20 Å². The Labute approximate surface area is 223 Å². The van der Waals surface area contributed by atoms with E-state index in [1.807, 2.05) is 0 Å². The lowest BCUT2D eigenvalue weighted by molar-refractivity contribution is 0.184. The van der Waals surface area contributed by atoms with Crippen LogP contribution in [0, 0.1) is 11.6 Å². The van der Waals surface area contributed by atoms with E-state index < -0.39 is 23.2 Å². The van der Waals surface area contributed by atoms with Crippen LogP contribution in [0.1, 0.15) is 23.7 Å². The summed E-state index contributed by atoms with van der Waals surface area (Å²) >= 11 is 1.39. The number of hydrogen-bond acceptors (Lipinski definition) is 9. The topological polar surface area (TPSA) is 126 Å². The number of benzene rings is 1. The minimum atomic E-state index is -0.678. The van der Waals surface area contributed by atoms with Crippen LogP contribution in [0.5, 0.6) is 0 Å². The van der Waals surface area contributed by atoms with Gasteiger partial charge < -0.3 is 10.5 Å². The summed E-state index contributed by atoms with van der Waals surface area (Å²) < 4.78 is 36.2. The van der Waals surface area contributed by atoms with Gasteiger partial charge in [0.05, 0.1) is 34.2 Å². The van der Waals surface area contributed by atoms with Crippen LogP contribution in [0.25, 0.3) is 38.4 Å². The summed E-state index contributed by atoms with van der Waals surface area (Å²) in [4.78, 5) is 32.1. The number of nitrogens with zero attached hydrogens (tertiary/aromatic N) is 7. The second-order valence-corrected chi connectivity index (χ2v) is 9.86. The Morgan fingerprint density at radius 2 is 1.97 bits per heavy atom. The Morgan fingerprint density at radius 3 is 2.77 bits per heavy atom. The molecule has 0 saturated heterocycles. The average molecular weight is 547 g/mol. The van der Waals surface area contributed by atoms with Crippen LogP contribution >= 0.6 is 11.3 Å². The predicted octanol–water partition coefficient (Wildman–Crippen LogP) is 4.24. The van der Waals surface area contributed by atoms with Gasteiger partial charge in [0.2, 0.25) is 0 Å². The summed E-state index contributed by atoms with van der Waals surface area (Å²) in [5.74, 6) is -0.911. The Hall–Kier alpha value is -4.62. The fourth-order valence-electron chi connectivity index (χ4n) is 4.51. The molecule has 0 fully saturated rings. The predicted molar refractivity (Wildman–Crippen MR) is 142 cm³/mol. The number of pyridine rings is 1. The zero-order chi connectivity index (χ0) is 27.3. The molecule has 0 amide bonds. The van der Waals surface area contributed by atoms with E-state index in [1.54, 1.807) is 31.0 Å². The number of anilines is 1. The minimum absolute atomic E-state index is 0.109. The van der Waals surface area contributed by atoms with Crippen molar-refractivity contribution in [2.45, 2.75) is 19.6 Å². The summed E-state index contributed by atoms with van der Waals surface area (Å²) in [6, 6.07) is 7.56. The van der Waals surface area contributed by atoms with E-state index in [0.717, 1.165) is 20.5 Å². The molecule has 0 unspecified atom stereocenters. The van der Waals surface area contributed by atoms with Crippen molar-refractivity contribution in [2.75, 3.05) is 12.8 Å². The SMILES string of the molecule is COCc1ncc(-c2nn([C@@H](C)c3nc4ccc(F)cn4c(=O)c3-c3cccc(F)c3)c3ncnc(N)c23)s1. The van der Waals surface area contributed by atoms with Gasteiger partial charge in [0.15, 0.2) is 5.65 Å². The number of rotatable bonds is 6. The van der Waals surface area contributed by atoms with Crippen molar-refractivity contribution in [1.82, 2.24) is 34.1 Å². The van der Waals surface area contributed by atoms with Crippen molar-refractivity contribution >= 4 is 33.8 Å². The van der Waals surface area contributed by atoms with E-state index in [9.17, 15) is 13.6 Å². The molecular weight excluding hydrogens is 526 g/mol. The number of thiazole rings is 1. The molecule has 6 rings (SSSR count). The molecule has 0 aliphatic carbocycles. The van der Waals surface area contributed by atoms with E-state index in [1.165, 1.54) is 48.0 Å². The monoisotopic (exact) mass is 546 g/mol. The molecule has 0 bridgehead atoms. The fourth-order valence-corrected chi connectivity index (χ4v) is 5.39. The van der Waals surface area contributed by atoms with Gasteiger partial charge in [-0.2, -0.15) is 5.10 Å². The number of methoxy groups -OCH3 is 1. The molecule has 39 heavy (non-hydrogen) atoms. The number of ether oxygens (including phenoxy) is 1. The highest BCUT2D eigenvalue weighted by atomic mass is 32.1. The number of halogens is 2. The van der Waals surface area contributed by atoms with Crippen molar-refractivity contribution in [2.24, 2.45) is 0 Å². The van der Waals surface area contributed by atoms with E-state index in [4.69, 9.17) is 20.6 Å². The maximum Gasteiger partial charge on any atom is 0.266 e. The molecular formula is C26H20F2N8O2S. The Balaban J connectivity index is 1.61. The molecule has 6 aromatic rings. The third-order valence-corrected chi connectivity index (χ3v) is 7.24. The summed E-state index contributed by atoms with van der Waals surface area (Å²) in [5, 5.41) is 6.10. The van der Waals surface area contributed by atoms with Crippen LogP contribution in [0.3, 0.4) is 0 Å². The summed E-state index contributed by atoms with van der Waals surface area (Å²) in [5.41, 5.74) is 7.58. The van der Waals surface area contributed by atoms with Crippen LogP contribution in [-0.4, -0.2) is 41.2 Å². The third kappa shape index (κ3) is 4.21. The number of fused-ring (bicyclic) bond motifs is 2. The first-order valence-electron chi connectivity index (χ1n) is 11.8. The van der Waals surface area contributed by atoms with Crippen molar-refractivity contribution in [3.8, 4) is 21.7 Å². The standard InChI is InChI=1S/C26H20F2N8O2S/c1-13(36-25-21(24(29)31-12-32-25)23(34-36)17-9-30-19(39-17)11-38-2)22-20(14-4-3-5-15(27)8-14)26(37)35-10-16(28)6-7-18(35)33-22/h3-10,12-13H,11H2,1-2H3,(H2,29,31,32)/t13-/m0/s1. The van der Waals surface area contributed by atoms with Crippen molar-refractivity contribution < 1.29 is 13.5 Å². The van der Waals surface area contributed by atoms with Gasteiger partial charge in [0.25, 0.3) is 5.56 Å². The molecule has 10 nitrogen and oxygen atoms in total. The molecule has 1 atom stereocenters. The van der Waals surface area contributed by atoms with E-state index in [-0.39, 0.29) is 17.0 Å². The number of hydrogen-bond donors (Lipinski definition) is 1. The lowest BCUT2D eigenvalue weighted by Gasteiger charge is -2.18. The summed E-state index contributed by atoms with van der Waals surface area (Å²) in [6.07, 6.45) is 4.06. The van der Waals surface area contributed by atoms with Crippen LogP contribution in [0.2, 0.25) is 0 Å². The highest BCUT2D eigenvalue weighted by molar-refractivity contribution is 7.15. The van der Waals surface area contributed by atoms with Crippen LogP contribution in [-0.2, 0) is 11.3 Å². The first kappa shape index (κ1) is 24.7. The second-order valence-electron chi connectivity index (χ2n) is 8.74. The molecule has 0 spiro atoms. The van der Waals surface area contributed by atoms with Crippen molar-refractivity contribution in [1.29, 1.82) is 0 Å². The van der Waals surface area contributed by atoms with E-state index >= 15 is 0 Å². The maximum atomic E-state index is 14.3. The lowest BCUT2D eigenvalue weighted by Crippen LogP contribution is -2.23. The van der Waals surface area contributed by atoms with Gasteiger partial charge in [-0.1, -0.05) is 12.1 Å². The van der Waals surface area contributed by atoms with Gasteiger partial charge in [-0.15, -0.1) is 11.3 Å². The van der Waals surface area contributed by atoms with Crippen molar-refractivity contribution in [3.05, 3.63) is 87.8 Å². The molecule has 2 N–H and O–H groups in total. The number of nitrogen functional groups attached to an aromatic ring is 1. The normalized spacial score (nSPS) is 12.4. The largest absolute Gasteiger partial charge is 0.383 e. The van der Waals surface area contributed by atoms with Gasteiger partial charge in [-0.05, 0) is 36.8 Å². The van der Waals surface area contributed by atoms with E-state index in [0.29, 0.717) is 34.6 Å². The Morgan fingerprint density at radius 1 is 1.13 bits per heavy atom. The molecule has 1 aromatic carbocycles. The first-order chi connectivity index (χ1) is 18.9. The van der Waals surface area contributed by atoms with E-state index in [2.05, 4.69) is 15.0 Å². The number of aromatic nitrogens is 7. The van der Waals surface area contributed by atoms with Gasteiger partial charge in [-0.25, -0.2) is 33.4 Å². The maximum absolute atomic E-state index is 14.3. The molecule has 5 heterocycles. The molecule has 0 saturated carbocycles. The molecule has 13 heteroatoms. The minimum Gasteiger partial charge on any atom is -0.383 e. The van der Waals surface area contributed by atoms with Gasteiger partial charge in [0.1, 0.15) is 40.1 Å². The quantitative estimate of drug-likeness (QED) is 0.329. The smallest absolute Gasteiger partial charge is 0.266 e. The zero-order valence-corrected chi connectivity index (χ0v) is 21.5. The van der Waals surface area contributed by atoms with Crippen LogP contribution in [0.4, 0.5) is 14.6 Å². The summed E-state index contributed by atoms with van der Waals surface area (Å²) in [7, 11) is 1.59. The molecule has 0 aliphatic rings. The lowest BCUT2D eigenvalue weighted by atomic mass is 10.0. The van der Waals surface area contributed by atoms with Crippen LogP contribution in [0.15, 0.2) is 59.9 Å². The summed E-state index contributed by atoms with van der Waals surface area (Å²) in [6.45, 7) is 2.14. The fraction of sp³-hybridized carbons (Fsp3) is 0.154. The van der Waals surface area contributed by atoms with Crippen molar-refractivity contribution in [3.63, 3.8) is 0 Å². The molecule has 196 valence electrons. The average Bonchev–Trinajstić information content (AvgIpc) is 3.54. The highest BCUT2D eigenvalue weighted by Gasteiger charge is 2.27. The zero-order valence-electron chi connectivity index (χ0n) is 20.7. The Bertz CT molecular complexity index is 1930. The Kier molecular flexibility index (Phi) is 6.08. The molecule has 0 radical (unpaired) electrons. The van der Waals surface area contributed by atoms with Gasteiger partial charge in [0, 0.05) is 19.5 Å².